The Morgan fingerprint density at radius 2 is 1.79 bits per heavy atom. The van der Waals surface area contributed by atoms with Gasteiger partial charge in [-0.3, -0.25) is 38.2 Å². The largest absolute Gasteiger partial charge is 0.756 e. The monoisotopic (exact) mass is 770 g/mol. The van der Waals surface area contributed by atoms with Gasteiger partial charge in [-0.1, -0.05) is 27.9 Å². The highest BCUT2D eigenvalue weighted by Gasteiger charge is 2.43. The van der Waals surface area contributed by atoms with Gasteiger partial charge in [-0.25, -0.2) is 4.98 Å². The van der Waals surface area contributed by atoms with Gasteiger partial charge in [-0.05, 0) is 34.1 Å². The Bertz CT molecular complexity index is 1310. The Morgan fingerprint density at radius 1 is 1.15 bits per heavy atom. The zero-order chi connectivity index (χ0) is 35.6. The number of H-pyrrole nitrogens is 1. The number of quaternary nitrogens is 1. The maximum Gasteiger partial charge on any atom is 0.322 e. The number of Topliss-reactive ketones (excluding diaryl/α,β-unsaturated/α-hetero) is 1. The van der Waals surface area contributed by atoms with Crippen molar-refractivity contribution in [1.82, 2.24) is 19.6 Å². The number of carbonyl (C=O) groups is 5. The number of phosphoric ester groups is 1. The molecule has 0 spiro atoms. The van der Waals surface area contributed by atoms with Gasteiger partial charge in [-0.2, -0.15) is 0 Å². The number of alkyl halides is 1. The predicted molar refractivity (Wildman–Crippen MR) is 173 cm³/mol. The standard InChI is InChI=1S/C28H45BrN5O11PS/c1-19(35)21(14-20-16-30-18-31-20)32-47-22-15-23(36)33(24(22)37)8-10-42-25(38)27(2,3)17-28(4,29)26(39)43-12-13-45-46(40,41)44-11-9-34(5,6)7/h16,18,21-22,32H,8-15,17H2,1-7H3,(H-,30,31,40,41)/t21-,22?,28?/m0/s1/i5+1. The van der Waals surface area contributed by atoms with Crippen LogP contribution in [0.15, 0.2) is 12.5 Å². The Morgan fingerprint density at radius 3 is 2.38 bits per heavy atom. The van der Waals surface area contributed by atoms with E-state index in [2.05, 4.69) is 30.6 Å². The van der Waals surface area contributed by atoms with Gasteiger partial charge in [0.1, 0.15) is 41.7 Å². The average Bonchev–Trinajstić information content (AvgIpc) is 3.54. The second-order valence-electron chi connectivity index (χ2n) is 12.9. The van der Waals surface area contributed by atoms with Crippen molar-refractivity contribution in [2.24, 2.45) is 5.41 Å². The van der Waals surface area contributed by atoms with Crippen LogP contribution >= 0.6 is 35.7 Å². The molecule has 0 bridgehead atoms. The number of amides is 2. The van der Waals surface area contributed by atoms with E-state index in [1.807, 2.05) is 21.1 Å². The molecular formula is C28H45BrN5O11PS. The van der Waals surface area contributed by atoms with E-state index in [1.165, 1.54) is 20.2 Å². The first-order valence-corrected chi connectivity index (χ1v) is 17.9. The van der Waals surface area contributed by atoms with Crippen molar-refractivity contribution in [3.63, 3.8) is 0 Å². The lowest BCUT2D eigenvalue weighted by atomic mass is 9.83. The van der Waals surface area contributed by atoms with Gasteiger partial charge >= 0.3 is 11.9 Å². The maximum atomic E-state index is 12.9. The number of carbonyl (C=O) groups excluding carboxylic acids is 5. The van der Waals surface area contributed by atoms with E-state index < -0.39 is 59.2 Å². The first-order valence-electron chi connectivity index (χ1n) is 14.8. The number of phosphoric acid groups is 1. The first kappa shape index (κ1) is 41.0. The number of hydrogen-bond donors (Lipinski definition) is 2. The number of esters is 2. The molecule has 0 radical (unpaired) electrons. The van der Waals surface area contributed by atoms with Crippen LogP contribution in [0.3, 0.4) is 0 Å². The van der Waals surface area contributed by atoms with E-state index in [0.29, 0.717) is 17.4 Å². The number of halogens is 1. The second-order valence-corrected chi connectivity index (χ2v) is 17.1. The minimum Gasteiger partial charge on any atom is -0.756 e. The number of ether oxygens (including phenoxy) is 2. The van der Waals surface area contributed by atoms with Gasteiger partial charge in [0.25, 0.3) is 7.82 Å². The molecule has 1 aromatic heterocycles. The highest BCUT2D eigenvalue weighted by Crippen LogP contribution is 2.38. The summed E-state index contributed by atoms with van der Waals surface area (Å²) in [5.41, 5.74) is -0.457. The Kier molecular flexibility index (Phi) is 15.2. The molecule has 1 aromatic rings. The molecule has 2 heterocycles. The number of hydrogen-bond acceptors (Lipinski definition) is 14. The summed E-state index contributed by atoms with van der Waals surface area (Å²) in [4.78, 5) is 82.9. The SMILES string of the molecule is CC(=O)[C@H](Cc1cnc[nH]1)NSC1CC(=O)N(CCOC(=O)C(C)(C)CC(C)(Br)C(=O)OCCOP(=O)([O-])OCC[N+](C)(C)[13CH3])C1=O. The zero-order valence-corrected chi connectivity index (χ0v) is 31.0. The molecule has 0 aliphatic carbocycles. The summed E-state index contributed by atoms with van der Waals surface area (Å²) < 4.78 is 34.1. The van der Waals surface area contributed by atoms with Crippen molar-refractivity contribution in [3.05, 3.63) is 18.2 Å². The summed E-state index contributed by atoms with van der Waals surface area (Å²) in [5.74, 6) is -2.46. The molecule has 2 rings (SSSR count). The Hall–Kier alpha value is -2.18. The second kappa shape index (κ2) is 17.5. The first-order chi connectivity index (χ1) is 21.6. The smallest absolute Gasteiger partial charge is 0.322 e. The van der Waals surface area contributed by atoms with Gasteiger partial charge in [0.05, 0.1) is 52.1 Å². The van der Waals surface area contributed by atoms with Crippen LogP contribution in [0.1, 0.15) is 46.2 Å². The van der Waals surface area contributed by atoms with Crippen LogP contribution in [0, 0.1) is 5.41 Å². The van der Waals surface area contributed by atoms with Crippen molar-refractivity contribution in [3.8, 4) is 0 Å². The minimum atomic E-state index is -4.57. The molecule has 266 valence electrons. The Balaban J connectivity index is 1.77. The summed E-state index contributed by atoms with van der Waals surface area (Å²) in [5, 5.41) is -0.746. The maximum absolute atomic E-state index is 12.9. The van der Waals surface area contributed by atoms with Crippen LogP contribution in [-0.4, -0.2) is 125 Å². The summed E-state index contributed by atoms with van der Waals surface area (Å²) in [6.45, 7) is 5.19. The van der Waals surface area contributed by atoms with Gasteiger partial charge in [0, 0.05) is 24.7 Å². The lowest BCUT2D eigenvalue weighted by Gasteiger charge is -2.30. The third-order valence-corrected chi connectivity index (χ3v) is 9.58. The highest BCUT2D eigenvalue weighted by atomic mass is 79.9. The molecule has 3 unspecified atom stereocenters. The minimum absolute atomic E-state index is 0.0610. The zero-order valence-electron chi connectivity index (χ0n) is 27.7. The van der Waals surface area contributed by atoms with Gasteiger partial charge in [0.15, 0.2) is 0 Å². The fraction of sp³-hybridized carbons (Fsp3) is 0.714. The summed E-state index contributed by atoms with van der Waals surface area (Å²) in [6, 6.07) is -0.592. The predicted octanol–water partition coefficient (Wildman–Crippen LogP) is 1.14. The number of imide groups is 1. The number of nitrogens with zero attached hydrogens (tertiary/aromatic N) is 3. The summed E-state index contributed by atoms with van der Waals surface area (Å²) >= 11 is 4.30. The fourth-order valence-electron chi connectivity index (χ4n) is 4.33. The van der Waals surface area contributed by atoms with Crippen LogP contribution in [-0.2, 0) is 53.5 Å². The lowest BCUT2D eigenvalue weighted by Crippen LogP contribution is -2.41. The van der Waals surface area contributed by atoms with Crippen molar-refractivity contribution < 1.29 is 56.4 Å². The third kappa shape index (κ3) is 14.1. The molecule has 1 aliphatic heterocycles. The van der Waals surface area contributed by atoms with Gasteiger partial charge < -0.3 is 32.9 Å². The van der Waals surface area contributed by atoms with E-state index in [1.54, 1.807) is 20.0 Å². The molecule has 2 N–H and O–H groups in total. The third-order valence-electron chi connectivity index (χ3n) is 6.90. The van der Waals surface area contributed by atoms with Crippen LogP contribution in [0.2, 0.25) is 0 Å². The molecule has 1 saturated heterocycles. The van der Waals surface area contributed by atoms with E-state index >= 15 is 0 Å². The van der Waals surface area contributed by atoms with Crippen molar-refractivity contribution in [2.45, 2.75) is 62.6 Å². The van der Waals surface area contributed by atoms with Crippen LogP contribution < -0.4 is 9.62 Å². The van der Waals surface area contributed by atoms with Gasteiger partial charge in [-0.15, -0.1) is 0 Å². The average molecular weight is 772 g/mol. The van der Waals surface area contributed by atoms with Gasteiger partial charge in [0.2, 0.25) is 11.8 Å². The lowest BCUT2D eigenvalue weighted by molar-refractivity contribution is -0.870. The number of imidazole rings is 1. The number of likely N-dealkylation sites (tertiary alicyclic amines) is 1. The number of aromatic nitrogens is 2. The summed E-state index contributed by atoms with van der Waals surface area (Å²) in [6.07, 6.45) is 3.30. The van der Waals surface area contributed by atoms with E-state index in [9.17, 15) is 33.4 Å². The van der Waals surface area contributed by atoms with Crippen LogP contribution in [0.5, 0.6) is 0 Å². The number of likely N-dealkylation sites (N-methyl/N-ethyl adjacent to an activating group) is 1. The number of rotatable bonds is 21. The summed E-state index contributed by atoms with van der Waals surface area (Å²) in [7, 11) is 1.07. The van der Waals surface area contributed by atoms with Crippen LogP contribution in [0.4, 0.5) is 0 Å². The van der Waals surface area contributed by atoms with E-state index in [4.69, 9.17) is 18.5 Å². The van der Waals surface area contributed by atoms with Crippen LogP contribution in [0.25, 0.3) is 0 Å². The molecule has 47 heavy (non-hydrogen) atoms. The molecule has 19 heteroatoms. The number of ketones is 1. The van der Waals surface area contributed by atoms with Crippen molar-refractivity contribution in [2.75, 3.05) is 60.7 Å². The number of nitrogens with one attached hydrogen (secondary N) is 2. The normalized spacial score (nSPS) is 18.8. The molecule has 0 saturated carbocycles. The van der Waals surface area contributed by atoms with E-state index in [-0.39, 0.29) is 45.0 Å². The molecule has 1 aliphatic rings. The number of aromatic amines is 1. The molecule has 16 nitrogen and oxygen atoms in total. The molecule has 0 aromatic carbocycles. The molecular weight excluding hydrogens is 726 g/mol. The highest BCUT2D eigenvalue weighted by molar-refractivity contribution is 9.10. The van der Waals surface area contributed by atoms with Crippen molar-refractivity contribution >= 4 is 65.2 Å². The fourth-order valence-corrected chi connectivity index (χ4v) is 6.85. The Labute approximate surface area is 287 Å². The molecule has 1 fully saturated rings. The topological polar surface area (TPSA) is 206 Å². The molecule has 4 atom stereocenters. The molecule has 2 amide bonds. The quantitative estimate of drug-likeness (QED) is 0.0263. The van der Waals surface area contributed by atoms with Crippen molar-refractivity contribution in [1.29, 1.82) is 0 Å². The van der Waals surface area contributed by atoms with E-state index in [0.717, 1.165) is 22.5 Å².